The number of rotatable bonds is 5. The first-order valence-electron chi connectivity index (χ1n) is 7.99. The standard InChI is InChI=1S/C17H25N3O/c1-13(18)17(21)20(15-7-8-15)16-9-10-19(12-16)11-14-5-3-2-4-6-14/h2-6,13,15-16H,7-12,18H2,1H3/t13-,16-/m0/s1. The largest absolute Gasteiger partial charge is 0.334 e. The molecule has 4 heteroatoms. The Kier molecular flexibility index (Phi) is 4.27. The van der Waals surface area contributed by atoms with Gasteiger partial charge in [0.1, 0.15) is 0 Å². The van der Waals surface area contributed by atoms with Gasteiger partial charge in [0.2, 0.25) is 5.91 Å². The van der Waals surface area contributed by atoms with Gasteiger partial charge in [-0.05, 0) is 31.7 Å². The molecule has 1 aromatic carbocycles. The van der Waals surface area contributed by atoms with Crippen molar-refractivity contribution in [2.24, 2.45) is 5.73 Å². The highest BCUT2D eigenvalue weighted by Gasteiger charge is 2.40. The molecule has 4 nitrogen and oxygen atoms in total. The molecule has 0 aromatic heterocycles. The van der Waals surface area contributed by atoms with Crippen LogP contribution in [0.4, 0.5) is 0 Å². The highest BCUT2D eigenvalue weighted by molar-refractivity contribution is 5.82. The van der Waals surface area contributed by atoms with Gasteiger partial charge >= 0.3 is 0 Å². The SMILES string of the molecule is C[C@H](N)C(=O)N(C1CC1)[C@H]1CCN(Cc2ccccc2)C1. The molecule has 1 aliphatic carbocycles. The van der Waals surface area contributed by atoms with Crippen molar-refractivity contribution in [2.45, 2.75) is 50.9 Å². The van der Waals surface area contributed by atoms with Gasteiger partial charge in [-0.25, -0.2) is 0 Å². The van der Waals surface area contributed by atoms with E-state index >= 15 is 0 Å². The summed E-state index contributed by atoms with van der Waals surface area (Å²) in [6.45, 7) is 4.81. The Hall–Kier alpha value is -1.39. The van der Waals surface area contributed by atoms with Gasteiger partial charge in [-0.1, -0.05) is 30.3 Å². The van der Waals surface area contributed by atoms with Gasteiger partial charge in [0.25, 0.3) is 0 Å². The van der Waals surface area contributed by atoms with Gasteiger partial charge in [-0.3, -0.25) is 9.69 Å². The summed E-state index contributed by atoms with van der Waals surface area (Å²) in [7, 11) is 0. The molecule has 1 aromatic rings. The number of carbonyl (C=O) groups is 1. The molecule has 0 spiro atoms. The van der Waals surface area contributed by atoms with Crippen molar-refractivity contribution in [3.8, 4) is 0 Å². The van der Waals surface area contributed by atoms with Crippen LogP contribution in [0.1, 0.15) is 31.7 Å². The van der Waals surface area contributed by atoms with Crippen LogP contribution < -0.4 is 5.73 Å². The minimum atomic E-state index is -0.381. The first-order valence-corrected chi connectivity index (χ1v) is 7.99. The van der Waals surface area contributed by atoms with E-state index in [2.05, 4.69) is 34.1 Å². The third-order valence-electron chi connectivity index (χ3n) is 4.47. The molecular weight excluding hydrogens is 262 g/mol. The van der Waals surface area contributed by atoms with Crippen molar-refractivity contribution in [3.63, 3.8) is 0 Å². The predicted octanol–water partition coefficient (Wildman–Crippen LogP) is 1.60. The minimum Gasteiger partial charge on any atom is -0.334 e. The second-order valence-corrected chi connectivity index (χ2v) is 6.43. The zero-order valence-electron chi connectivity index (χ0n) is 12.7. The zero-order valence-corrected chi connectivity index (χ0v) is 12.7. The van der Waals surface area contributed by atoms with Crippen LogP contribution in [0.2, 0.25) is 0 Å². The van der Waals surface area contributed by atoms with Crippen LogP contribution >= 0.6 is 0 Å². The quantitative estimate of drug-likeness (QED) is 0.895. The minimum absolute atomic E-state index is 0.129. The first-order chi connectivity index (χ1) is 10.1. The summed E-state index contributed by atoms with van der Waals surface area (Å²) in [4.78, 5) is 16.9. The fourth-order valence-electron chi connectivity index (χ4n) is 3.27. The molecule has 2 fully saturated rings. The molecule has 2 atom stereocenters. The molecule has 0 bridgehead atoms. The molecule has 1 saturated heterocycles. The number of benzene rings is 1. The predicted molar refractivity (Wildman–Crippen MR) is 83.6 cm³/mol. The Bertz CT molecular complexity index is 484. The zero-order chi connectivity index (χ0) is 14.8. The van der Waals surface area contributed by atoms with E-state index in [-0.39, 0.29) is 11.9 Å². The van der Waals surface area contributed by atoms with Gasteiger partial charge in [0.05, 0.1) is 6.04 Å². The van der Waals surface area contributed by atoms with E-state index in [1.165, 1.54) is 5.56 Å². The highest BCUT2D eigenvalue weighted by Crippen LogP contribution is 2.32. The van der Waals surface area contributed by atoms with Crippen molar-refractivity contribution in [3.05, 3.63) is 35.9 Å². The van der Waals surface area contributed by atoms with Gasteiger partial charge in [0, 0.05) is 31.7 Å². The smallest absolute Gasteiger partial charge is 0.239 e. The Labute approximate surface area is 126 Å². The second-order valence-electron chi connectivity index (χ2n) is 6.43. The fraction of sp³-hybridized carbons (Fsp3) is 0.588. The fourth-order valence-corrected chi connectivity index (χ4v) is 3.27. The molecule has 114 valence electrons. The van der Waals surface area contributed by atoms with Gasteiger partial charge < -0.3 is 10.6 Å². The summed E-state index contributed by atoms with van der Waals surface area (Å²) in [6.07, 6.45) is 3.36. The van der Waals surface area contributed by atoms with E-state index < -0.39 is 0 Å². The lowest BCUT2D eigenvalue weighted by Gasteiger charge is -2.30. The van der Waals surface area contributed by atoms with E-state index in [0.29, 0.717) is 12.1 Å². The van der Waals surface area contributed by atoms with E-state index in [9.17, 15) is 4.79 Å². The van der Waals surface area contributed by atoms with Crippen LogP contribution in [0.25, 0.3) is 0 Å². The van der Waals surface area contributed by atoms with Crippen molar-refractivity contribution in [1.82, 2.24) is 9.80 Å². The van der Waals surface area contributed by atoms with Crippen molar-refractivity contribution in [2.75, 3.05) is 13.1 Å². The third kappa shape index (κ3) is 3.44. The number of amides is 1. The van der Waals surface area contributed by atoms with Crippen LogP contribution in [0.15, 0.2) is 30.3 Å². The summed E-state index contributed by atoms with van der Waals surface area (Å²) in [5.74, 6) is 0.129. The molecule has 1 aliphatic heterocycles. The Balaban J connectivity index is 1.61. The van der Waals surface area contributed by atoms with Crippen LogP contribution in [0.3, 0.4) is 0 Å². The lowest BCUT2D eigenvalue weighted by Crippen LogP contribution is -2.49. The van der Waals surface area contributed by atoms with Crippen LogP contribution in [-0.2, 0) is 11.3 Å². The Morgan fingerprint density at radius 2 is 2.00 bits per heavy atom. The van der Waals surface area contributed by atoms with E-state index in [1.54, 1.807) is 6.92 Å². The molecular formula is C17H25N3O. The number of nitrogens with two attached hydrogens (primary N) is 1. The third-order valence-corrected chi connectivity index (χ3v) is 4.47. The Morgan fingerprint density at radius 1 is 1.29 bits per heavy atom. The average Bonchev–Trinajstić information content (AvgIpc) is 3.20. The number of hydrogen-bond donors (Lipinski definition) is 1. The van der Waals surface area contributed by atoms with E-state index in [1.807, 2.05) is 6.07 Å². The number of carbonyl (C=O) groups excluding carboxylic acids is 1. The highest BCUT2D eigenvalue weighted by atomic mass is 16.2. The molecule has 1 heterocycles. The topological polar surface area (TPSA) is 49.6 Å². The molecule has 0 unspecified atom stereocenters. The van der Waals surface area contributed by atoms with E-state index in [4.69, 9.17) is 5.73 Å². The summed E-state index contributed by atoms with van der Waals surface area (Å²) >= 11 is 0. The maximum atomic E-state index is 12.4. The molecule has 1 saturated carbocycles. The van der Waals surface area contributed by atoms with Gasteiger partial charge in [-0.2, -0.15) is 0 Å². The number of hydrogen-bond acceptors (Lipinski definition) is 3. The maximum Gasteiger partial charge on any atom is 0.239 e. The van der Waals surface area contributed by atoms with Crippen LogP contribution in [-0.4, -0.2) is 46.9 Å². The molecule has 1 amide bonds. The van der Waals surface area contributed by atoms with Crippen molar-refractivity contribution < 1.29 is 4.79 Å². The first kappa shape index (κ1) is 14.5. The van der Waals surface area contributed by atoms with Gasteiger partial charge in [0.15, 0.2) is 0 Å². The summed E-state index contributed by atoms with van der Waals surface area (Å²) in [5.41, 5.74) is 7.17. The van der Waals surface area contributed by atoms with Crippen molar-refractivity contribution >= 4 is 5.91 Å². The van der Waals surface area contributed by atoms with E-state index in [0.717, 1.165) is 38.9 Å². The Morgan fingerprint density at radius 3 is 2.62 bits per heavy atom. The average molecular weight is 287 g/mol. The summed E-state index contributed by atoms with van der Waals surface area (Å²) in [6, 6.07) is 11.0. The number of likely N-dealkylation sites (tertiary alicyclic amines) is 1. The summed E-state index contributed by atoms with van der Waals surface area (Å²) < 4.78 is 0. The molecule has 2 aliphatic rings. The van der Waals surface area contributed by atoms with Crippen LogP contribution in [0.5, 0.6) is 0 Å². The lowest BCUT2D eigenvalue weighted by atomic mass is 10.1. The number of nitrogens with zero attached hydrogens (tertiary/aromatic N) is 2. The molecule has 21 heavy (non-hydrogen) atoms. The van der Waals surface area contributed by atoms with Gasteiger partial charge in [-0.15, -0.1) is 0 Å². The van der Waals surface area contributed by atoms with Crippen molar-refractivity contribution in [1.29, 1.82) is 0 Å². The normalized spacial score (nSPS) is 24.0. The van der Waals surface area contributed by atoms with Crippen LogP contribution in [0, 0.1) is 0 Å². The molecule has 2 N–H and O–H groups in total. The summed E-state index contributed by atoms with van der Waals surface area (Å²) in [5, 5.41) is 0. The monoisotopic (exact) mass is 287 g/mol. The lowest BCUT2D eigenvalue weighted by molar-refractivity contribution is -0.135. The maximum absolute atomic E-state index is 12.4. The molecule has 0 radical (unpaired) electrons. The molecule has 3 rings (SSSR count). The second kappa shape index (κ2) is 6.16.